The number of furan rings is 1. The fourth-order valence-electron chi connectivity index (χ4n) is 2.03. The number of urea groups is 1. The molecule has 0 bridgehead atoms. The Labute approximate surface area is 143 Å². The van der Waals surface area contributed by atoms with Gasteiger partial charge in [0.1, 0.15) is 11.3 Å². The van der Waals surface area contributed by atoms with Crippen LogP contribution in [0.3, 0.4) is 0 Å². The Hall–Kier alpha value is -2.38. The summed E-state index contributed by atoms with van der Waals surface area (Å²) in [6.45, 7) is 0. The van der Waals surface area contributed by atoms with Gasteiger partial charge in [-0.1, -0.05) is 11.6 Å². The first-order valence-electron chi connectivity index (χ1n) is 6.38. The Morgan fingerprint density at radius 2 is 1.78 bits per heavy atom. The van der Waals surface area contributed by atoms with Gasteiger partial charge in [-0.05, 0) is 58.4 Å². The maximum Gasteiger partial charge on any atom is 0.335 e. The van der Waals surface area contributed by atoms with Gasteiger partial charge in [-0.3, -0.25) is 14.9 Å². The van der Waals surface area contributed by atoms with Gasteiger partial charge in [-0.2, -0.15) is 0 Å². The van der Waals surface area contributed by atoms with Gasteiger partial charge < -0.3 is 4.42 Å². The summed E-state index contributed by atoms with van der Waals surface area (Å²) in [5.74, 6) is -1.22. The minimum atomic E-state index is -0.819. The number of carbonyl (C=O) groups is 3. The molecule has 2 heterocycles. The predicted octanol–water partition coefficient (Wildman–Crippen LogP) is 3.36. The van der Waals surface area contributed by atoms with Crippen molar-refractivity contribution in [1.29, 1.82) is 0 Å². The maximum atomic E-state index is 12.5. The Morgan fingerprint density at radius 3 is 2.39 bits per heavy atom. The van der Waals surface area contributed by atoms with Crippen LogP contribution in [0.4, 0.5) is 10.5 Å². The third-order valence-electron chi connectivity index (χ3n) is 3.07. The average Bonchev–Trinajstić information content (AvgIpc) is 2.91. The van der Waals surface area contributed by atoms with Crippen molar-refractivity contribution >= 4 is 57.1 Å². The zero-order chi connectivity index (χ0) is 16.6. The van der Waals surface area contributed by atoms with E-state index < -0.39 is 17.8 Å². The maximum absolute atomic E-state index is 12.5. The second kappa shape index (κ2) is 6.02. The molecule has 6 nitrogen and oxygen atoms in total. The number of amides is 4. The summed E-state index contributed by atoms with van der Waals surface area (Å²) in [6.07, 6.45) is 1.28. The molecule has 0 atom stereocenters. The van der Waals surface area contributed by atoms with E-state index in [4.69, 9.17) is 16.0 Å². The molecule has 0 unspecified atom stereocenters. The number of nitrogens with zero attached hydrogens (tertiary/aromatic N) is 1. The number of imide groups is 2. The minimum absolute atomic E-state index is 0.207. The van der Waals surface area contributed by atoms with E-state index in [0.29, 0.717) is 21.1 Å². The highest BCUT2D eigenvalue weighted by atomic mass is 79.9. The van der Waals surface area contributed by atoms with E-state index in [2.05, 4.69) is 21.2 Å². The fraction of sp³-hybridized carbons (Fsp3) is 0. The van der Waals surface area contributed by atoms with Crippen molar-refractivity contribution < 1.29 is 18.8 Å². The van der Waals surface area contributed by atoms with Gasteiger partial charge in [0.2, 0.25) is 0 Å². The van der Waals surface area contributed by atoms with Crippen LogP contribution in [0.25, 0.3) is 6.08 Å². The molecule has 0 spiro atoms. The van der Waals surface area contributed by atoms with E-state index in [1.54, 1.807) is 24.3 Å². The summed E-state index contributed by atoms with van der Waals surface area (Å²) in [6, 6.07) is 8.50. The Kier molecular flexibility index (Phi) is 4.06. The first-order chi connectivity index (χ1) is 11.0. The number of hydrogen-bond donors (Lipinski definition) is 1. The van der Waals surface area contributed by atoms with Crippen LogP contribution in [-0.4, -0.2) is 17.8 Å². The summed E-state index contributed by atoms with van der Waals surface area (Å²) in [5.41, 5.74) is 0.0947. The molecule has 3 rings (SSSR count). The molecule has 0 radical (unpaired) electrons. The van der Waals surface area contributed by atoms with Crippen LogP contribution in [0.1, 0.15) is 5.76 Å². The highest BCUT2D eigenvalue weighted by Gasteiger charge is 2.36. The van der Waals surface area contributed by atoms with Crippen molar-refractivity contribution in [3.05, 3.63) is 57.4 Å². The van der Waals surface area contributed by atoms with Crippen LogP contribution in [-0.2, 0) is 9.59 Å². The number of halogens is 2. The minimum Gasteiger partial charge on any atom is -0.450 e. The van der Waals surface area contributed by atoms with Crippen molar-refractivity contribution in [1.82, 2.24) is 5.32 Å². The van der Waals surface area contributed by atoms with E-state index in [1.807, 2.05) is 0 Å². The van der Waals surface area contributed by atoms with Crippen molar-refractivity contribution in [2.75, 3.05) is 4.90 Å². The van der Waals surface area contributed by atoms with Gasteiger partial charge in [-0.25, -0.2) is 9.69 Å². The Morgan fingerprint density at radius 1 is 1.09 bits per heavy atom. The standard InChI is InChI=1S/C15H8BrClN2O4/c16-12-6-5-10(23-12)7-11-13(20)18-15(22)19(14(11)21)9-3-1-8(17)2-4-9/h1-7H,(H,18,20,22)/b11-7-. The van der Waals surface area contributed by atoms with Gasteiger partial charge in [0.15, 0.2) is 4.67 Å². The molecule has 1 aliphatic heterocycles. The predicted molar refractivity (Wildman–Crippen MR) is 86.9 cm³/mol. The lowest BCUT2D eigenvalue weighted by Gasteiger charge is -2.26. The smallest absolute Gasteiger partial charge is 0.335 e. The number of rotatable bonds is 2. The van der Waals surface area contributed by atoms with Gasteiger partial charge in [0.25, 0.3) is 11.8 Å². The second-order valence-electron chi connectivity index (χ2n) is 4.58. The van der Waals surface area contributed by atoms with Crippen LogP contribution in [0.5, 0.6) is 0 Å². The molecule has 1 N–H and O–H groups in total. The van der Waals surface area contributed by atoms with Crippen LogP contribution >= 0.6 is 27.5 Å². The van der Waals surface area contributed by atoms with Gasteiger partial charge >= 0.3 is 6.03 Å². The number of carbonyl (C=O) groups excluding carboxylic acids is 3. The molecule has 116 valence electrons. The molecule has 1 aromatic carbocycles. The topological polar surface area (TPSA) is 79.6 Å². The normalized spacial score (nSPS) is 16.9. The summed E-state index contributed by atoms with van der Waals surface area (Å²) >= 11 is 8.93. The van der Waals surface area contributed by atoms with Crippen molar-refractivity contribution in [3.8, 4) is 0 Å². The van der Waals surface area contributed by atoms with Crippen LogP contribution in [0, 0.1) is 0 Å². The van der Waals surface area contributed by atoms with Crippen LogP contribution in [0.15, 0.2) is 51.1 Å². The molecule has 0 saturated carbocycles. The number of hydrogen-bond acceptors (Lipinski definition) is 4. The lowest BCUT2D eigenvalue weighted by Crippen LogP contribution is -2.54. The fourth-order valence-corrected chi connectivity index (χ4v) is 2.48. The van der Waals surface area contributed by atoms with Crippen molar-refractivity contribution in [2.24, 2.45) is 0 Å². The van der Waals surface area contributed by atoms with Gasteiger partial charge in [0.05, 0.1) is 5.69 Å². The summed E-state index contributed by atoms with van der Waals surface area (Å²) < 4.78 is 5.71. The molecule has 1 fully saturated rings. The first-order valence-corrected chi connectivity index (χ1v) is 7.55. The lowest BCUT2D eigenvalue weighted by molar-refractivity contribution is -0.122. The monoisotopic (exact) mass is 394 g/mol. The van der Waals surface area contributed by atoms with E-state index >= 15 is 0 Å². The molecule has 23 heavy (non-hydrogen) atoms. The molecular formula is C15H8BrClN2O4. The molecular weight excluding hydrogens is 388 g/mol. The molecule has 0 aliphatic carbocycles. The van der Waals surface area contributed by atoms with Crippen molar-refractivity contribution in [3.63, 3.8) is 0 Å². The Balaban J connectivity index is 2.00. The van der Waals surface area contributed by atoms with Crippen molar-refractivity contribution in [2.45, 2.75) is 0 Å². The lowest BCUT2D eigenvalue weighted by atomic mass is 10.1. The van der Waals surface area contributed by atoms with Gasteiger partial charge in [0, 0.05) is 5.02 Å². The highest BCUT2D eigenvalue weighted by Crippen LogP contribution is 2.24. The SMILES string of the molecule is O=C1NC(=O)N(c2ccc(Cl)cc2)C(=O)/C1=C\c1ccc(Br)o1. The molecule has 1 aromatic heterocycles. The number of anilines is 1. The second-order valence-corrected chi connectivity index (χ2v) is 5.79. The summed E-state index contributed by atoms with van der Waals surface area (Å²) in [7, 11) is 0. The molecule has 1 saturated heterocycles. The number of nitrogens with one attached hydrogen (secondary N) is 1. The number of barbiturate groups is 1. The summed E-state index contributed by atoms with van der Waals surface area (Å²) in [4.78, 5) is 37.3. The van der Waals surface area contributed by atoms with E-state index in [9.17, 15) is 14.4 Å². The first kappa shape index (κ1) is 15.5. The zero-order valence-electron chi connectivity index (χ0n) is 11.4. The average molecular weight is 396 g/mol. The van der Waals surface area contributed by atoms with E-state index in [-0.39, 0.29) is 5.57 Å². The van der Waals surface area contributed by atoms with E-state index in [1.165, 1.54) is 18.2 Å². The molecule has 2 aromatic rings. The van der Waals surface area contributed by atoms with Crippen LogP contribution < -0.4 is 10.2 Å². The van der Waals surface area contributed by atoms with Crippen LogP contribution in [0.2, 0.25) is 5.02 Å². The van der Waals surface area contributed by atoms with E-state index in [0.717, 1.165) is 4.90 Å². The molecule has 4 amide bonds. The quantitative estimate of drug-likeness (QED) is 0.624. The largest absolute Gasteiger partial charge is 0.450 e. The zero-order valence-corrected chi connectivity index (χ0v) is 13.7. The highest BCUT2D eigenvalue weighted by molar-refractivity contribution is 9.10. The third-order valence-corrected chi connectivity index (χ3v) is 3.75. The van der Waals surface area contributed by atoms with Gasteiger partial charge in [-0.15, -0.1) is 0 Å². The molecule has 1 aliphatic rings. The third kappa shape index (κ3) is 3.06. The Bertz CT molecular complexity index is 841. The number of benzene rings is 1. The molecule has 8 heteroatoms. The summed E-state index contributed by atoms with van der Waals surface area (Å²) in [5, 5.41) is 2.59.